The van der Waals surface area contributed by atoms with E-state index in [1.54, 1.807) is 28.9 Å². The molecule has 0 aliphatic heterocycles. The van der Waals surface area contributed by atoms with E-state index in [-0.39, 0.29) is 11.7 Å². The molecule has 0 fully saturated rings. The number of hydrogen-bond donors (Lipinski definition) is 1. The average Bonchev–Trinajstić information content (AvgIpc) is 3.26. The number of thioether (sulfide) groups is 1. The van der Waals surface area contributed by atoms with Gasteiger partial charge in [-0.3, -0.25) is 9.59 Å². The summed E-state index contributed by atoms with van der Waals surface area (Å²) in [6, 6.07) is 22.4. The molecular weight excluding hydrogens is 434 g/mol. The van der Waals surface area contributed by atoms with E-state index < -0.39 is 5.25 Å². The van der Waals surface area contributed by atoms with Crippen LogP contribution >= 0.6 is 11.8 Å². The van der Waals surface area contributed by atoms with Crippen LogP contribution in [0.25, 0.3) is 5.69 Å². The first-order chi connectivity index (χ1) is 15.9. The van der Waals surface area contributed by atoms with Gasteiger partial charge in [0.1, 0.15) is 5.25 Å². The van der Waals surface area contributed by atoms with Crippen LogP contribution in [0.2, 0.25) is 0 Å². The van der Waals surface area contributed by atoms with Crippen molar-refractivity contribution in [3.05, 3.63) is 95.1 Å². The highest BCUT2D eigenvalue weighted by molar-refractivity contribution is 8.00. The van der Waals surface area contributed by atoms with Crippen LogP contribution in [0.3, 0.4) is 0 Å². The normalized spacial score (nSPS) is 11.7. The molecule has 33 heavy (non-hydrogen) atoms. The Hall–Kier alpha value is -3.78. The summed E-state index contributed by atoms with van der Waals surface area (Å²) in [5, 5.41) is 15.0. The summed E-state index contributed by atoms with van der Waals surface area (Å²) < 4.78 is 1.65. The molecule has 4 aromatic rings. The van der Waals surface area contributed by atoms with Crippen LogP contribution in [0, 0.1) is 13.8 Å². The number of ketones is 1. The average molecular weight is 458 g/mol. The molecule has 1 heterocycles. The van der Waals surface area contributed by atoms with Crippen LogP contribution in [0.4, 0.5) is 5.69 Å². The van der Waals surface area contributed by atoms with E-state index in [0.717, 1.165) is 22.4 Å². The van der Waals surface area contributed by atoms with Gasteiger partial charge in [-0.05, 0) is 60.5 Å². The molecule has 0 saturated heterocycles. The smallest absolute Gasteiger partial charge is 0.242 e. The summed E-state index contributed by atoms with van der Waals surface area (Å²) >= 11 is 1.27. The monoisotopic (exact) mass is 457 g/mol. The van der Waals surface area contributed by atoms with Gasteiger partial charge in [-0.15, -0.1) is 5.10 Å². The van der Waals surface area contributed by atoms with Gasteiger partial charge in [0.05, 0.1) is 5.69 Å². The minimum Gasteiger partial charge on any atom is -0.325 e. The lowest BCUT2D eigenvalue weighted by Crippen LogP contribution is -2.20. The third-order valence-corrected chi connectivity index (χ3v) is 6.31. The van der Waals surface area contributed by atoms with Crippen LogP contribution < -0.4 is 5.32 Å². The van der Waals surface area contributed by atoms with Gasteiger partial charge in [-0.2, -0.15) is 4.68 Å². The van der Waals surface area contributed by atoms with Crippen molar-refractivity contribution in [1.29, 1.82) is 0 Å². The minimum absolute atomic E-state index is 0.0623. The first-order valence-electron chi connectivity index (χ1n) is 10.4. The van der Waals surface area contributed by atoms with Crippen molar-refractivity contribution < 1.29 is 9.59 Å². The van der Waals surface area contributed by atoms with E-state index in [2.05, 4.69) is 26.9 Å². The summed E-state index contributed by atoms with van der Waals surface area (Å²) in [6.07, 6.45) is 0. The molecule has 1 aromatic heterocycles. The zero-order valence-corrected chi connectivity index (χ0v) is 19.3. The number of nitrogens with zero attached hydrogens (tertiary/aromatic N) is 4. The Labute approximate surface area is 196 Å². The largest absolute Gasteiger partial charge is 0.325 e. The predicted molar refractivity (Wildman–Crippen MR) is 129 cm³/mol. The fraction of sp³-hybridized carbons (Fsp3) is 0.160. The van der Waals surface area contributed by atoms with Crippen molar-refractivity contribution in [3.8, 4) is 5.69 Å². The molecule has 1 amide bonds. The number of anilines is 1. The molecule has 0 aliphatic carbocycles. The number of aromatic nitrogens is 4. The molecule has 7 nitrogen and oxygen atoms in total. The highest BCUT2D eigenvalue weighted by Crippen LogP contribution is 2.36. The highest BCUT2D eigenvalue weighted by atomic mass is 32.2. The zero-order chi connectivity index (χ0) is 23.4. The van der Waals surface area contributed by atoms with Crippen LogP contribution in [-0.4, -0.2) is 31.9 Å². The highest BCUT2D eigenvalue weighted by Gasteiger charge is 2.26. The first-order valence-corrected chi connectivity index (χ1v) is 11.3. The zero-order valence-electron chi connectivity index (χ0n) is 18.5. The van der Waals surface area contributed by atoms with Gasteiger partial charge in [-0.1, -0.05) is 71.9 Å². The molecular formula is C25H23N5O2S. The number of carbonyl (C=O) groups excluding carboxylic acids is 2. The summed E-state index contributed by atoms with van der Waals surface area (Å²) in [6.45, 7) is 5.53. The standard InChI is InChI=1S/C25H23N5O2S/c1-16-12-13-22(17(2)14-16)30-25(27-28-29-30)33-23(19-8-5-4-6-9-19)24(32)26-21-11-7-10-20(15-21)18(3)31/h4-15,23H,1-3H3,(H,26,32). The lowest BCUT2D eigenvalue weighted by atomic mass is 10.1. The fourth-order valence-corrected chi connectivity index (χ4v) is 4.46. The molecule has 1 unspecified atom stereocenters. The summed E-state index contributed by atoms with van der Waals surface area (Å²) in [7, 11) is 0. The maximum Gasteiger partial charge on any atom is 0.242 e. The number of aryl methyl sites for hydroxylation is 2. The van der Waals surface area contributed by atoms with Gasteiger partial charge < -0.3 is 5.32 Å². The van der Waals surface area contributed by atoms with E-state index in [4.69, 9.17) is 0 Å². The molecule has 4 rings (SSSR count). The molecule has 0 aliphatic rings. The lowest BCUT2D eigenvalue weighted by molar-refractivity contribution is -0.115. The molecule has 3 aromatic carbocycles. The lowest BCUT2D eigenvalue weighted by Gasteiger charge is -2.17. The van der Waals surface area contributed by atoms with Crippen molar-refractivity contribution in [1.82, 2.24) is 20.2 Å². The van der Waals surface area contributed by atoms with Gasteiger partial charge in [0.15, 0.2) is 5.78 Å². The Balaban J connectivity index is 1.66. The van der Waals surface area contributed by atoms with Crippen molar-refractivity contribution in [2.75, 3.05) is 5.32 Å². The Morgan fingerprint density at radius 1 is 0.970 bits per heavy atom. The van der Waals surface area contributed by atoms with E-state index in [1.165, 1.54) is 18.7 Å². The number of nitrogens with one attached hydrogen (secondary N) is 1. The second kappa shape index (κ2) is 9.79. The van der Waals surface area contributed by atoms with Crippen molar-refractivity contribution in [2.45, 2.75) is 31.2 Å². The van der Waals surface area contributed by atoms with E-state index >= 15 is 0 Å². The molecule has 1 atom stereocenters. The van der Waals surface area contributed by atoms with Crippen molar-refractivity contribution >= 4 is 29.1 Å². The van der Waals surface area contributed by atoms with Crippen LogP contribution in [0.5, 0.6) is 0 Å². The second-order valence-electron chi connectivity index (χ2n) is 7.70. The molecule has 0 bridgehead atoms. The van der Waals surface area contributed by atoms with Crippen molar-refractivity contribution in [2.24, 2.45) is 0 Å². The number of Topliss-reactive ketones (excluding diaryl/α,β-unsaturated/α-hetero) is 1. The van der Waals surface area contributed by atoms with E-state index in [9.17, 15) is 9.59 Å². The van der Waals surface area contributed by atoms with Crippen LogP contribution in [0.1, 0.15) is 39.2 Å². The summed E-state index contributed by atoms with van der Waals surface area (Å²) in [5.74, 6) is -0.296. The van der Waals surface area contributed by atoms with E-state index in [0.29, 0.717) is 16.4 Å². The topological polar surface area (TPSA) is 89.8 Å². The molecule has 166 valence electrons. The Morgan fingerprint density at radius 3 is 2.48 bits per heavy atom. The van der Waals surface area contributed by atoms with Crippen molar-refractivity contribution in [3.63, 3.8) is 0 Å². The van der Waals surface area contributed by atoms with E-state index in [1.807, 2.05) is 56.3 Å². The van der Waals surface area contributed by atoms with Gasteiger partial charge in [-0.25, -0.2) is 0 Å². The number of carbonyl (C=O) groups is 2. The third kappa shape index (κ3) is 5.18. The molecule has 1 N–H and O–H groups in total. The van der Waals surface area contributed by atoms with Gasteiger partial charge >= 0.3 is 0 Å². The minimum atomic E-state index is -0.609. The Kier molecular flexibility index (Phi) is 6.65. The molecule has 8 heteroatoms. The number of amides is 1. The maximum atomic E-state index is 13.4. The fourth-order valence-electron chi connectivity index (χ4n) is 3.48. The third-order valence-electron chi connectivity index (χ3n) is 5.12. The number of tetrazole rings is 1. The number of rotatable bonds is 7. The Bertz CT molecular complexity index is 1300. The second-order valence-corrected chi connectivity index (χ2v) is 8.77. The number of benzene rings is 3. The quantitative estimate of drug-likeness (QED) is 0.312. The summed E-state index contributed by atoms with van der Waals surface area (Å²) in [4.78, 5) is 25.1. The van der Waals surface area contributed by atoms with Gasteiger partial charge in [0, 0.05) is 11.3 Å². The SMILES string of the molecule is CC(=O)c1cccc(NC(=O)C(Sc2nnnn2-c2ccc(C)cc2C)c2ccccc2)c1. The molecule has 0 radical (unpaired) electrons. The molecule has 0 saturated carbocycles. The predicted octanol–water partition coefficient (Wildman–Crippen LogP) is 4.95. The Morgan fingerprint density at radius 2 is 1.76 bits per heavy atom. The first kappa shape index (κ1) is 22.4. The van der Waals surface area contributed by atoms with Crippen LogP contribution in [0.15, 0.2) is 78.0 Å². The summed E-state index contributed by atoms with van der Waals surface area (Å²) in [5.41, 5.74) is 4.95. The van der Waals surface area contributed by atoms with Crippen LogP contribution in [-0.2, 0) is 4.79 Å². The number of hydrogen-bond acceptors (Lipinski definition) is 6. The van der Waals surface area contributed by atoms with Gasteiger partial charge in [0.2, 0.25) is 11.1 Å². The van der Waals surface area contributed by atoms with Gasteiger partial charge in [0.25, 0.3) is 0 Å². The maximum absolute atomic E-state index is 13.4. The molecule has 0 spiro atoms.